The third kappa shape index (κ3) is 4.39. The molecule has 1 aromatic rings. The molecular formula is C14H18O3. The molecule has 1 aromatic carbocycles. The molecule has 0 amide bonds. The Morgan fingerprint density at radius 2 is 1.82 bits per heavy atom. The van der Waals surface area contributed by atoms with E-state index in [-0.39, 0.29) is 18.1 Å². The lowest BCUT2D eigenvalue weighted by Gasteiger charge is -2.13. The molecule has 0 heterocycles. The molecule has 1 unspecified atom stereocenters. The number of hydrogen-bond donors (Lipinski definition) is 1. The maximum atomic E-state index is 12.0. The van der Waals surface area contributed by atoms with Crippen molar-refractivity contribution in [3.63, 3.8) is 0 Å². The van der Waals surface area contributed by atoms with E-state index in [0.717, 1.165) is 12.0 Å². The van der Waals surface area contributed by atoms with E-state index in [2.05, 4.69) is 0 Å². The Balaban J connectivity index is 2.56. The van der Waals surface area contributed by atoms with E-state index in [9.17, 15) is 9.59 Å². The van der Waals surface area contributed by atoms with Gasteiger partial charge in [-0.25, -0.2) is 0 Å². The fourth-order valence-corrected chi connectivity index (χ4v) is 1.92. The molecule has 0 bridgehead atoms. The second kappa shape index (κ2) is 6.84. The zero-order valence-corrected chi connectivity index (χ0v) is 10.1. The summed E-state index contributed by atoms with van der Waals surface area (Å²) in [7, 11) is 0. The Morgan fingerprint density at radius 1 is 1.18 bits per heavy atom. The van der Waals surface area contributed by atoms with Gasteiger partial charge < -0.3 is 5.11 Å². The lowest BCUT2D eigenvalue weighted by atomic mass is 9.90. The van der Waals surface area contributed by atoms with Crippen molar-refractivity contribution in [3.8, 4) is 0 Å². The molecule has 3 nitrogen and oxygen atoms in total. The van der Waals surface area contributed by atoms with Gasteiger partial charge in [-0.05, 0) is 18.4 Å². The van der Waals surface area contributed by atoms with E-state index in [1.807, 2.05) is 37.3 Å². The van der Waals surface area contributed by atoms with E-state index in [0.29, 0.717) is 12.8 Å². The summed E-state index contributed by atoms with van der Waals surface area (Å²) < 4.78 is 0. The van der Waals surface area contributed by atoms with Crippen molar-refractivity contribution in [2.24, 2.45) is 0 Å². The molecule has 0 saturated carbocycles. The first-order valence-electron chi connectivity index (χ1n) is 5.94. The molecule has 1 atom stereocenters. The van der Waals surface area contributed by atoms with Gasteiger partial charge in [0.05, 0.1) is 0 Å². The second-order valence-electron chi connectivity index (χ2n) is 4.09. The molecule has 1 rings (SSSR count). The first-order valence-corrected chi connectivity index (χ1v) is 5.94. The van der Waals surface area contributed by atoms with Gasteiger partial charge in [0.15, 0.2) is 0 Å². The third-order valence-electron chi connectivity index (χ3n) is 2.81. The van der Waals surface area contributed by atoms with Crippen LogP contribution in [0.5, 0.6) is 0 Å². The van der Waals surface area contributed by atoms with Crippen molar-refractivity contribution in [2.75, 3.05) is 0 Å². The Hall–Kier alpha value is -1.64. The van der Waals surface area contributed by atoms with Gasteiger partial charge in [-0.3, -0.25) is 9.59 Å². The molecule has 92 valence electrons. The standard InChI is InChI=1S/C14H18O3/c1-2-12(11-7-4-3-5-8-11)13(15)9-6-10-14(16)17/h3-5,7-8,12H,2,6,9-10H2,1H3,(H,16,17). The summed E-state index contributed by atoms with van der Waals surface area (Å²) in [6, 6.07) is 9.66. The first kappa shape index (κ1) is 13.4. The number of rotatable bonds is 7. The van der Waals surface area contributed by atoms with Gasteiger partial charge in [-0.15, -0.1) is 0 Å². The summed E-state index contributed by atoms with van der Waals surface area (Å²) in [6.07, 6.45) is 1.60. The van der Waals surface area contributed by atoms with Crippen LogP contribution in [0.25, 0.3) is 0 Å². The minimum Gasteiger partial charge on any atom is -0.481 e. The Kier molecular flexibility index (Phi) is 5.40. The summed E-state index contributed by atoms with van der Waals surface area (Å²) in [4.78, 5) is 22.3. The fourth-order valence-electron chi connectivity index (χ4n) is 1.92. The van der Waals surface area contributed by atoms with Crippen LogP contribution in [0.1, 0.15) is 44.1 Å². The van der Waals surface area contributed by atoms with E-state index in [1.165, 1.54) is 0 Å². The van der Waals surface area contributed by atoms with E-state index in [1.54, 1.807) is 0 Å². The van der Waals surface area contributed by atoms with Crippen LogP contribution in [-0.2, 0) is 9.59 Å². The van der Waals surface area contributed by atoms with Crippen molar-refractivity contribution in [3.05, 3.63) is 35.9 Å². The van der Waals surface area contributed by atoms with Crippen LogP contribution in [0.3, 0.4) is 0 Å². The number of benzene rings is 1. The average molecular weight is 234 g/mol. The second-order valence-corrected chi connectivity index (χ2v) is 4.09. The summed E-state index contributed by atoms with van der Waals surface area (Å²) in [5, 5.41) is 8.53. The van der Waals surface area contributed by atoms with Gasteiger partial charge >= 0.3 is 5.97 Å². The number of carbonyl (C=O) groups is 2. The molecule has 17 heavy (non-hydrogen) atoms. The van der Waals surface area contributed by atoms with Gasteiger partial charge in [-0.2, -0.15) is 0 Å². The van der Waals surface area contributed by atoms with Gasteiger partial charge in [0, 0.05) is 18.8 Å². The molecule has 1 N–H and O–H groups in total. The van der Waals surface area contributed by atoms with Gasteiger partial charge in [-0.1, -0.05) is 37.3 Å². The topological polar surface area (TPSA) is 54.4 Å². The van der Waals surface area contributed by atoms with Crippen LogP contribution >= 0.6 is 0 Å². The van der Waals surface area contributed by atoms with Crippen molar-refractivity contribution >= 4 is 11.8 Å². The molecule has 0 fully saturated rings. The molecule has 0 aliphatic carbocycles. The van der Waals surface area contributed by atoms with Gasteiger partial charge in [0.1, 0.15) is 5.78 Å². The Bertz CT molecular complexity index is 370. The Morgan fingerprint density at radius 3 is 2.35 bits per heavy atom. The molecule has 0 aliphatic heterocycles. The molecular weight excluding hydrogens is 216 g/mol. The minimum absolute atomic E-state index is 0.0664. The number of Topliss-reactive ketones (excluding diaryl/α,β-unsaturated/α-hetero) is 1. The predicted octanol–water partition coefficient (Wildman–Crippen LogP) is 3.00. The maximum absolute atomic E-state index is 12.0. The van der Waals surface area contributed by atoms with Crippen molar-refractivity contribution in [1.82, 2.24) is 0 Å². The van der Waals surface area contributed by atoms with Crippen molar-refractivity contribution in [1.29, 1.82) is 0 Å². The molecule has 3 heteroatoms. The zero-order valence-electron chi connectivity index (χ0n) is 10.1. The number of carbonyl (C=O) groups excluding carboxylic acids is 1. The van der Waals surface area contributed by atoms with Crippen LogP contribution in [0, 0.1) is 0 Å². The number of aliphatic carboxylic acids is 1. The molecule has 0 aromatic heterocycles. The van der Waals surface area contributed by atoms with Crippen molar-refractivity contribution in [2.45, 2.75) is 38.5 Å². The lowest BCUT2D eigenvalue weighted by Crippen LogP contribution is -2.12. The molecule has 0 radical (unpaired) electrons. The monoisotopic (exact) mass is 234 g/mol. The molecule has 0 saturated heterocycles. The average Bonchev–Trinajstić information content (AvgIpc) is 2.31. The van der Waals surface area contributed by atoms with Crippen LogP contribution in [-0.4, -0.2) is 16.9 Å². The van der Waals surface area contributed by atoms with Crippen LogP contribution < -0.4 is 0 Å². The Labute approximate surface area is 101 Å². The highest BCUT2D eigenvalue weighted by Crippen LogP contribution is 2.22. The first-order chi connectivity index (χ1) is 8.15. The summed E-state index contributed by atoms with van der Waals surface area (Å²) in [5.41, 5.74) is 1.02. The predicted molar refractivity (Wildman–Crippen MR) is 66.0 cm³/mol. The highest BCUT2D eigenvalue weighted by atomic mass is 16.4. The SMILES string of the molecule is CCC(C(=O)CCCC(=O)O)c1ccccc1. The summed E-state index contributed by atoms with van der Waals surface area (Å²) in [5.74, 6) is -0.796. The van der Waals surface area contributed by atoms with Crippen LogP contribution in [0.2, 0.25) is 0 Å². The number of ketones is 1. The zero-order chi connectivity index (χ0) is 12.7. The quantitative estimate of drug-likeness (QED) is 0.789. The van der Waals surface area contributed by atoms with E-state index in [4.69, 9.17) is 5.11 Å². The third-order valence-corrected chi connectivity index (χ3v) is 2.81. The van der Waals surface area contributed by atoms with Crippen molar-refractivity contribution < 1.29 is 14.7 Å². The van der Waals surface area contributed by atoms with E-state index >= 15 is 0 Å². The highest BCUT2D eigenvalue weighted by Gasteiger charge is 2.17. The lowest BCUT2D eigenvalue weighted by molar-refractivity contribution is -0.137. The van der Waals surface area contributed by atoms with Gasteiger partial charge in [0.25, 0.3) is 0 Å². The summed E-state index contributed by atoms with van der Waals surface area (Å²) in [6.45, 7) is 1.98. The number of carboxylic acids is 1. The molecule has 0 spiro atoms. The maximum Gasteiger partial charge on any atom is 0.303 e. The summed E-state index contributed by atoms with van der Waals surface area (Å²) >= 11 is 0. The van der Waals surface area contributed by atoms with Crippen LogP contribution in [0.15, 0.2) is 30.3 Å². The van der Waals surface area contributed by atoms with E-state index < -0.39 is 5.97 Å². The normalized spacial score (nSPS) is 12.1. The van der Waals surface area contributed by atoms with Crippen LogP contribution in [0.4, 0.5) is 0 Å². The molecule has 0 aliphatic rings. The highest BCUT2D eigenvalue weighted by molar-refractivity contribution is 5.86. The largest absolute Gasteiger partial charge is 0.481 e. The number of carboxylic acid groups (broad SMARTS) is 1. The smallest absolute Gasteiger partial charge is 0.303 e. The fraction of sp³-hybridized carbons (Fsp3) is 0.429. The number of hydrogen-bond acceptors (Lipinski definition) is 2. The minimum atomic E-state index is -0.842. The van der Waals surface area contributed by atoms with Gasteiger partial charge in [0.2, 0.25) is 0 Å².